The third-order valence-corrected chi connectivity index (χ3v) is 4.13. The van der Waals surface area contributed by atoms with Gasteiger partial charge in [-0.1, -0.05) is 52.9 Å². The highest BCUT2D eigenvalue weighted by Gasteiger charge is 2.27. The van der Waals surface area contributed by atoms with Gasteiger partial charge in [-0.2, -0.15) is 5.10 Å². The molecule has 0 aliphatic rings. The molecule has 2 aromatic heterocycles. The standard InChI is InChI=1S/C13H21N3OS/c1-12(2,3)9-8(7-17)16-11(14-9)18-10(15-16)13(4,5)6/h17H,7H2,1-6H3. The summed E-state index contributed by atoms with van der Waals surface area (Å²) in [6, 6.07) is 0. The van der Waals surface area contributed by atoms with Gasteiger partial charge in [0.25, 0.3) is 0 Å². The Kier molecular flexibility index (Phi) is 3.02. The van der Waals surface area contributed by atoms with Gasteiger partial charge in [-0.15, -0.1) is 0 Å². The van der Waals surface area contributed by atoms with Gasteiger partial charge in [0.15, 0.2) is 0 Å². The van der Waals surface area contributed by atoms with Crippen molar-refractivity contribution in [2.75, 3.05) is 0 Å². The van der Waals surface area contributed by atoms with Crippen LogP contribution in [0.1, 0.15) is 57.9 Å². The zero-order valence-electron chi connectivity index (χ0n) is 11.9. The summed E-state index contributed by atoms with van der Waals surface area (Å²) in [6.45, 7) is 12.7. The van der Waals surface area contributed by atoms with Crippen LogP contribution in [0.25, 0.3) is 4.96 Å². The van der Waals surface area contributed by atoms with Crippen LogP contribution in [0.15, 0.2) is 0 Å². The number of rotatable bonds is 1. The summed E-state index contributed by atoms with van der Waals surface area (Å²) in [6.07, 6.45) is 0. The van der Waals surface area contributed by atoms with Gasteiger partial charge in [-0.05, 0) is 0 Å². The predicted molar refractivity (Wildman–Crippen MR) is 74.2 cm³/mol. The van der Waals surface area contributed by atoms with Crippen molar-refractivity contribution in [1.82, 2.24) is 14.6 Å². The number of aromatic nitrogens is 3. The Morgan fingerprint density at radius 1 is 1.11 bits per heavy atom. The molecule has 1 N–H and O–H groups in total. The minimum atomic E-state index is -0.0760. The van der Waals surface area contributed by atoms with Crippen LogP contribution in [0, 0.1) is 0 Å². The highest BCUT2D eigenvalue weighted by atomic mass is 32.1. The largest absolute Gasteiger partial charge is 0.390 e. The smallest absolute Gasteiger partial charge is 0.212 e. The number of imidazole rings is 1. The van der Waals surface area contributed by atoms with Gasteiger partial charge >= 0.3 is 0 Å². The molecule has 0 unspecified atom stereocenters. The minimum absolute atomic E-state index is 0.0139. The Bertz CT molecular complexity index is 569. The number of hydrogen-bond acceptors (Lipinski definition) is 4. The summed E-state index contributed by atoms with van der Waals surface area (Å²) in [4.78, 5) is 5.52. The lowest BCUT2D eigenvalue weighted by atomic mass is 9.91. The second kappa shape index (κ2) is 4.03. The average molecular weight is 267 g/mol. The second-order valence-corrected chi connectivity index (χ2v) is 7.62. The van der Waals surface area contributed by atoms with Crippen molar-refractivity contribution in [1.29, 1.82) is 0 Å². The molecule has 2 heterocycles. The fourth-order valence-corrected chi connectivity index (χ4v) is 2.81. The predicted octanol–water partition coefficient (Wildman–Crippen LogP) is 2.88. The topological polar surface area (TPSA) is 50.4 Å². The van der Waals surface area contributed by atoms with Crippen molar-refractivity contribution in [3.05, 3.63) is 16.4 Å². The van der Waals surface area contributed by atoms with Crippen molar-refractivity contribution >= 4 is 16.3 Å². The first-order valence-electron chi connectivity index (χ1n) is 6.15. The van der Waals surface area contributed by atoms with Crippen LogP contribution in [0.5, 0.6) is 0 Å². The maximum absolute atomic E-state index is 9.58. The van der Waals surface area contributed by atoms with Crippen LogP contribution in [0.4, 0.5) is 0 Å². The quantitative estimate of drug-likeness (QED) is 0.864. The summed E-state index contributed by atoms with van der Waals surface area (Å²) in [5.74, 6) is 0. The van der Waals surface area contributed by atoms with E-state index in [1.165, 1.54) is 0 Å². The zero-order valence-corrected chi connectivity index (χ0v) is 12.7. The van der Waals surface area contributed by atoms with Crippen LogP contribution in [-0.4, -0.2) is 19.7 Å². The molecule has 4 nitrogen and oxygen atoms in total. The van der Waals surface area contributed by atoms with Gasteiger partial charge in [0.05, 0.1) is 18.0 Å². The number of aliphatic hydroxyl groups excluding tert-OH is 1. The maximum Gasteiger partial charge on any atom is 0.212 e. The third kappa shape index (κ3) is 2.17. The average Bonchev–Trinajstić information content (AvgIpc) is 2.69. The molecule has 0 amide bonds. The fraction of sp³-hybridized carbons (Fsp3) is 0.692. The summed E-state index contributed by atoms with van der Waals surface area (Å²) >= 11 is 1.60. The molecule has 0 spiro atoms. The lowest BCUT2D eigenvalue weighted by Gasteiger charge is -2.17. The van der Waals surface area contributed by atoms with E-state index in [1.54, 1.807) is 15.9 Å². The van der Waals surface area contributed by atoms with E-state index in [1.807, 2.05) is 0 Å². The number of nitrogens with zero attached hydrogens (tertiary/aromatic N) is 3. The molecule has 0 aliphatic heterocycles. The molecule has 0 saturated heterocycles. The number of hydrogen-bond donors (Lipinski definition) is 1. The van der Waals surface area contributed by atoms with Crippen molar-refractivity contribution < 1.29 is 5.11 Å². The van der Waals surface area contributed by atoms with Crippen LogP contribution in [-0.2, 0) is 17.4 Å². The Morgan fingerprint density at radius 3 is 2.17 bits per heavy atom. The number of fused-ring (bicyclic) bond motifs is 1. The van der Waals surface area contributed by atoms with Gasteiger partial charge in [0.2, 0.25) is 4.96 Å². The van der Waals surface area contributed by atoms with E-state index in [2.05, 4.69) is 51.6 Å². The van der Waals surface area contributed by atoms with Gasteiger partial charge < -0.3 is 5.11 Å². The maximum atomic E-state index is 9.58. The molecule has 0 bridgehead atoms. The van der Waals surface area contributed by atoms with Crippen molar-refractivity contribution in [2.24, 2.45) is 0 Å². The summed E-state index contributed by atoms with van der Waals surface area (Å²) < 4.78 is 1.80. The molecular formula is C13H21N3OS. The van der Waals surface area contributed by atoms with E-state index in [0.717, 1.165) is 21.4 Å². The molecule has 2 rings (SSSR count). The van der Waals surface area contributed by atoms with Crippen molar-refractivity contribution in [3.63, 3.8) is 0 Å². The fourth-order valence-electron chi connectivity index (χ4n) is 1.84. The first-order valence-corrected chi connectivity index (χ1v) is 6.96. The first-order chi connectivity index (χ1) is 8.14. The number of aliphatic hydroxyl groups is 1. The highest BCUT2D eigenvalue weighted by Crippen LogP contribution is 2.32. The molecule has 5 heteroatoms. The van der Waals surface area contributed by atoms with Crippen molar-refractivity contribution in [2.45, 2.75) is 59.0 Å². The zero-order chi connectivity index (χ0) is 13.7. The Hall–Kier alpha value is -0.940. The van der Waals surface area contributed by atoms with E-state index in [9.17, 15) is 5.11 Å². The third-order valence-electron chi connectivity index (χ3n) is 2.80. The van der Waals surface area contributed by atoms with Crippen LogP contribution in [0.2, 0.25) is 0 Å². The molecule has 18 heavy (non-hydrogen) atoms. The first kappa shape index (κ1) is 13.5. The van der Waals surface area contributed by atoms with Crippen LogP contribution < -0.4 is 0 Å². The van der Waals surface area contributed by atoms with E-state index in [-0.39, 0.29) is 17.4 Å². The Morgan fingerprint density at radius 2 is 1.72 bits per heavy atom. The van der Waals surface area contributed by atoms with Gasteiger partial charge in [-0.25, -0.2) is 9.50 Å². The molecule has 100 valence electrons. The van der Waals surface area contributed by atoms with E-state index < -0.39 is 0 Å². The molecule has 0 saturated carbocycles. The Labute approximate surface area is 112 Å². The van der Waals surface area contributed by atoms with Gasteiger partial charge in [0.1, 0.15) is 5.01 Å². The van der Waals surface area contributed by atoms with Crippen LogP contribution >= 0.6 is 11.3 Å². The molecule has 0 aliphatic carbocycles. The molecule has 0 atom stereocenters. The summed E-state index contributed by atoms with van der Waals surface area (Å²) in [7, 11) is 0. The second-order valence-electron chi connectivity index (χ2n) is 6.67. The molecule has 0 radical (unpaired) electrons. The molecule has 0 fully saturated rings. The SMILES string of the molecule is CC(C)(C)c1nn2c(CO)c(C(C)(C)C)nc2s1. The van der Waals surface area contributed by atoms with E-state index in [0.29, 0.717) is 0 Å². The summed E-state index contributed by atoms with van der Waals surface area (Å²) in [5, 5.41) is 15.2. The van der Waals surface area contributed by atoms with Gasteiger partial charge in [0, 0.05) is 10.8 Å². The lowest BCUT2D eigenvalue weighted by Crippen LogP contribution is -2.16. The Balaban J connectivity index is 2.65. The minimum Gasteiger partial charge on any atom is -0.390 e. The molecule has 0 aromatic carbocycles. The van der Waals surface area contributed by atoms with Gasteiger partial charge in [-0.3, -0.25) is 0 Å². The summed E-state index contributed by atoms with van der Waals surface area (Å²) in [5.41, 5.74) is 1.68. The highest BCUT2D eigenvalue weighted by molar-refractivity contribution is 7.16. The molecule has 2 aromatic rings. The van der Waals surface area contributed by atoms with Crippen LogP contribution in [0.3, 0.4) is 0 Å². The van der Waals surface area contributed by atoms with E-state index >= 15 is 0 Å². The normalized spacial score (nSPS) is 13.5. The lowest BCUT2D eigenvalue weighted by molar-refractivity contribution is 0.270. The van der Waals surface area contributed by atoms with Crippen molar-refractivity contribution in [3.8, 4) is 0 Å². The van der Waals surface area contributed by atoms with E-state index in [4.69, 9.17) is 0 Å². The molecular weight excluding hydrogens is 246 g/mol. The monoisotopic (exact) mass is 267 g/mol.